The Kier molecular flexibility index (Phi) is 4.29. The molecule has 3 nitrogen and oxygen atoms in total. The van der Waals surface area contributed by atoms with Crippen LogP contribution in [0.4, 0.5) is 0 Å². The summed E-state index contributed by atoms with van der Waals surface area (Å²) in [5.74, 6) is -0.0247. The second kappa shape index (κ2) is 5.52. The monoisotopic (exact) mass is 193 g/mol. The molecule has 0 fully saturated rings. The number of hydrogen-bond donors (Lipinski definition) is 1. The van der Waals surface area contributed by atoms with Crippen LogP contribution in [0, 0.1) is 0 Å². The maximum Gasteiger partial charge on any atom is 0.176 e. The van der Waals surface area contributed by atoms with Gasteiger partial charge in [-0.1, -0.05) is 24.3 Å². The fourth-order valence-corrected chi connectivity index (χ4v) is 1.20. The number of carbonyl (C=O) groups excluding carboxylic acids is 1. The van der Waals surface area contributed by atoms with Gasteiger partial charge in [-0.25, -0.2) is 0 Å². The molecule has 76 valence electrons. The van der Waals surface area contributed by atoms with E-state index in [4.69, 9.17) is 10.5 Å². The van der Waals surface area contributed by atoms with E-state index in [2.05, 4.69) is 0 Å². The Morgan fingerprint density at radius 2 is 2.00 bits per heavy atom. The highest BCUT2D eigenvalue weighted by atomic mass is 16.5. The summed E-state index contributed by atoms with van der Waals surface area (Å²) in [6.45, 7) is 0.765. The van der Waals surface area contributed by atoms with E-state index in [-0.39, 0.29) is 12.3 Å². The van der Waals surface area contributed by atoms with Crippen molar-refractivity contribution in [3.8, 4) is 0 Å². The Bertz CT molecular complexity index is 293. The standard InChI is InChI=1S/C11H15NO2/c1-14-7-6-9-2-4-10(5-3-9)11(13)8-12/h2-5H,6-8,12H2,1H3. The number of Topliss-reactive ketones (excluding diaryl/α,β-unsaturated/α-hetero) is 1. The molecule has 0 spiro atoms. The lowest BCUT2D eigenvalue weighted by Crippen LogP contribution is -2.13. The number of benzene rings is 1. The zero-order valence-corrected chi connectivity index (χ0v) is 8.32. The molecule has 0 bridgehead atoms. The average Bonchev–Trinajstić information content (AvgIpc) is 2.26. The fourth-order valence-electron chi connectivity index (χ4n) is 1.20. The number of nitrogens with two attached hydrogens (primary N) is 1. The SMILES string of the molecule is COCCc1ccc(C(=O)CN)cc1. The minimum absolute atomic E-state index is 0.0247. The van der Waals surface area contributed by atoms with Crippen LogP contribution in [0.3, 0.4) is 0 Å². The third-order valence-electron chi connectivity index (χ3n) is 2.06. The Labute approximate surface area is 83.9 Å². The molecule has 0 atom stereocenters. The highest BCUT2D eigenvalue weighted by Crippen LogP contribution is 2.05. The maximum atomic E-state index is 11.2. The predicted molar refractivity (Wildman–Crippen MR) is 55.4 cm³/mol. The first-order valence-corrected chi connectivity index (χ1v) is 4.59. The van der Waals surface area contributed by atoms with Crippen molar-refractivity contribution < 1.29 is 9.53 Å². The smallest absolute Gasteiger partial charge is 0.176 e. The van der Waals surface area contributed by atoms with Crippen LogP contribution >= 0.6 is 0 Å². The summed E-state index contributed by atoms with van der Waals surface area (Å²) in [5.41, 5.74) is 7.09. The molecule has 1 aromatic rings. The summed E-state index contributed by atoms with van der Waals surface area (Å²) in [4.78, 5) is 11.2. The summed E-state index contributed by atoms with van der Waals surface area (Å²) in [6.07, 6.45) is 0.869. The Hall–Kier alpha value is -1.19. The number of ketones is 1. The van der Waals surface area contributed by atoms with Crippen molar-refractivity contribution >= 4 is 5.78 Å². The molecule has 0 saturated heterocycles. The highest BCUT2D eigenvalue weighted by molar-refractivity contribution is 5.97. The van der Waals surface area contributed by atoms with E-state index in [1.54, 1.807) is 19.2 Å². The molecule has 0 amide bonds. The zero-order valence-electron chi connectivity index (χ0n) is 8.32. The van der Waals surface area contributed by atoms with Gasteiger partial charge in [0.05, 0.1) is 13.2 Å². The minimum atomic E-state index is -0.0247. The summed E-state index contributed by atoms with van der Waals surface area (Å²) < 4.78 is 4.96. The second-order valence-corrected chi connectivity index (χ2v) is 3.07. The summed E-state index contributed by atoms with van der Waals surface area (Å²) >= 11 is 0. The van der Waals surface area contributed by atoms with Crippen LogP contribution in [0.1, 0.15) is 15.9 Å². The van der Waals surface area contributed by atoms with Crippen LogP contribution in [0.15, 0.2) is 24.3 Å². The van der Waals surface area contributed by atoms with Gasteiger partial charge in [0.2, 0.25) is 0 Å². The zero-order chi connectivity index (χ0) is 10.4. The first-order valence-electron chi connectivity index (χ1n) is 4.59. The molecule has 0 aliphatic heterocycles. The van der Waals surface area contributed by atoms with Gasteiger partial charge < -0.3 is 10.5 Å². The van der Waals surface area contributed by atoms with E-state index >= 15 is 0 Å². The number of methoxy groups -OCH3 is 1. The van der Waals surface area contributed by atoms with E-state index in [0.29, 0.717) is 12.2 Å². The molecule has 0 radical (unpaired) electrons. The third-order valence-corrected chi connectivity index (χ3v) is 2.06. The predicted octanol–water partition coefficient (Wildman–Crippen LogP) is 1.02. The van der Waals surface area contributed by atoms with Crippen LogP contribution in [-0.2, 0) is 11.2 Å². The van der Waals surface area contributed by atoms with Crippen LogP contribution < -0.4 is 5.73 Å². The van der Waals surface area contributed by atoms with Gasteiger partial charge in [0.25, 0.3) is 0 Å². The lowest BCUT2D eigenvalue weighted by atomic mass is 10.1. The first-order chi connectivity index (χ1) is 6.77. The lowest BCUT2D eigenvalue weighted by molar-refractivity contribution is 0.100. The molecule has 0 aliphatic carbocycles. The van der Waals surface area contributed by atoms with Gasteiger partial charge >= 0.3 is 0 Å². The normalized spacial score (nSPS) is 10.1. The van der Waals surface area contributed by atoms with Crippen molar-refractivity contribution in [2.75, 3.05) is 20.3 Å². The van der Waals surface area contributed by atoms with Gasteiger partial charge in [-0.2, -0.15) is 0 Å². The quantitative estimate of drug-likeness (QED) is 0.710. The molecule has 3 heteroatoms. The van der Waals surface area contributed by atoms with E-state index in [0.717, 1.165) is 6.42 Å². The van der Waals surface area contributed by atoms with E-state index in [9.17, 15) is 4.79 Å². The number of carbonyl (C=O) groups is 1. The van der Waals surface area contributed by atoms with Crippen molar-refractivity contribution in [1.29, 1.82) is 0 Å². The van der Waals surface area contributed by atoms with Crippen molar-refractivity contribution in [2.24, 2.45) is 5.73 Å². The van der Waals surface area contributed by atoms with Crippen LogP contribution in [0.25, 0.3) is 0 Å². The Balaban J connectivity index is 2.63. The van der Waals surface area contributed by atoms with E-state index < -0.39 is 0 Å². The van der Waals surface area contributed by atoms with Crippen molar-refractivity contribution in [2.45, 2.75) is 6.42 Å². The molecule has 0 saturated carbocycles. The molecule has 1 aromatic carbocycles. The number of rotatable bonds is 5. The number of hydrogen-bond acceptors (Lipinski definition) is 3. The molecule has 0 unspecified atom stereocenters. The number of ether oxygens (including phenoxy) is 1. The van der Waals surface area contributed by atoms with Gasteiger partial charge in [-0.3, -0.25) is 4.79 Å². The Morgan fingerprint density at radius 1 is 1.36 bits per heavy atom. The topological polar surface area (TPSA) is 52.3 Å². The molecule has 1 rings (SSSR count). The third kappa shape index (κ3) is 2.94. The van der Waals surface area contributed by atoms with Crippen molar-refractivity contribution in [3.05, 3.63) is 35.4 Å². The van der Waals surface area contributed by atoms with Crippen LogP contribution in [0.5, 0.6) is 0 Å². The summed E-state index contributed by atoms with van der Waals surface area (Å²) in [5, 5.41) is 0. The van der Waals surface area contributed by atoms with Gasteiger partial charge in [0, 0.05) is 12.7 Å². The first kappa shape index (κ1) is 10.9. The van der Waals surface area contributed by atoms with E-state index in [1.807, 2.05) is 12.1 Å². The Morgan fingerprint density at radius 3 is 2.50 bits per heavy atom. The fraction of sp³-hybridized carbons (Fsp3) is 0.364. The summed E-state index contributed by atoms with van der Waals surface area (Å²) in [6, 6.07) is 7.48. The van der Waals surface area contributed by atoms with Crippen LogP contribution in [0.2, 0.25) is 0 Å². The molecule has 0 aromatic heterocycles. The highest BCUT2D eigenvalue weighted by Gasteiger charge is 2.02. The van der Waals surface area contributed by atoms with Gasteiger partial charge in [0.1, 0.15) is 0 Å². The lowest BCUT2D eigenvalue weighted by Gasteiger charge is -2.01. The average molecular weight is 193 g/mol. The molecule has 2 N–H and O–H groups in total. The summed E-state index contributed by atoms with van der Waals surface area (Å²) in [7, 11) is 1.67. The van der Waals surface area contributed by atoms with Crippen LogP contribution in [-0.4, -0.2) is 26.0 Å². The van der Waals surface area contributed by atoms with Crippen molar-refractivity contribution in [3.63, 3.8) is 0 Å². The maximum absolute atomic E-state index is 11.2. The molecule has 14 heavy (non-hydrogen) atoms. The van der Waals surface area contributed by atoms with Gasteiger partial charge in [-0.05, 0) is 12.0 Å². The van der Waals surface area contributed by atoms with Gasteiger partial charge in [0.15, 0.2) is 5.78 Å². The minimum Gasteiger partial charge on any atom is -0.384 e. The van der Waals surface area contributed by atoms with Gasteiger partial charge in [-0.15, -0.1) is 0 Å². The second-order valence-electron chi connectivity index (χ2n) is 3.07. The molecule has 0 aliphatic rings. The molecular formula is C11H15NO2. The molecule has 0 heterocycles. The van der Waals surface area contributed by atoms with Crippen molar-refractivity contribution in [1.82, 2.24) is 0 Å². The van der Waals surface area contributed by atoms with E-state index in [1.165, 1.54) is 5.56 Å². The molecular weight excluding hydrogens is 178 g/mol. The largest absolute Gasteiger partial charge is 0.384 e.